The molecule has 1 aliphatic rings. The molecule has 1 fully saturated rings. The minimum atomic E-state index is -4.70. The van der Waals surface area contributed by atoms with Gasteiger partial charge >= 0.3 is 12.1 Å². The van der Waals surface area contributed by atoms with Gasteiger partial charge in [-0.1, -0.05) is 29.3 Å². The lowest BCUT2D eigenvalue weighted by atomic mass is 10.1. The molecule has 0 N–H and O–H groups in total. The van der Waals surface area contributed by atoms with Gasteiger partial charge in [0, 0.05) is 31.6 Å². The first-order valence-corrected chi connectivity index (χ1v) is 12.2. The van der Waals surface area contributed by atoms with E-state index in [4.69, 9.17) is 27.9 Å². The molecular weight excluding hydrogens is 528 g/mol. The van der Waals surface area contributed by atoms with E-state index in [2.05, 4.69) is 9.64 Å². The predicted octanol–water partition coefficient (Wildman–Crippen LogP) is 5.21. The van der Waals surface area contributed by atoms with E-state index < -0.39 is 23.9 Å². The molecule has 0 aromatic heterocycles. The van der Waals surface area contributed by atoms with Gasteiger partial charge in [0.1, 0.15) is 6.23 Å². The third kappa shape index (κ3) is 7.27. The zero-order chi connectivity index (χ0) is 25.8. The Morgan fingerprint density at radius 3 is 2.60 bits per heavy atom. The first-order valence-electron chi connectivity index (χ1n) is 10.5. The Bertz CT molecular complexity index is 1090. The highest BCUT2D eigenvalue weighted by Crippen LogP contribution is 2.37. The summed E-state index contributed by atoms with van der Waals surface area (Å²) < 4.78 is 50.8. The van der Waals surface area contributed by atoms with Crippen LogP contribution >= 0.6 is 35.0 Å². The van der Waals surface area contributed by atoms with Gasteiger partial charge in [0.25, 0.3) is 0 Å². The summed E-state index contributed by atoms with van der Waals surface area (Å²) in [6.45, 7) is 2.04. The summed E-state index contributed by atoms with van der Waals surface area (Å²) in [6, 6.07) is 8.51. The molecule has 35 heavy (non-hydrogen) atoms. The highest BCUT2D eigenvalue weighted by Gasteiger charge is 2.35. The summed E-state index contributed by atoms with van der Waals surface area (Å²) in [4.78, 5) is 27.7. The van der Waals surface area contributed by atoms with E-state index in [0.717, 1.165) is 30.5 Å². The standard InChI is InChI=1S/C23H23Cl2F3N2O4S/c1-29(21-12-30(7-8-34-21)11-14-3-5-17(24)18(25)9-14)20(31)13-35-19-6-4-15(22(32)33-2)10-16(19)23(26,27)28/h3-6,9-10,21H,7-8,11-13H2,1-2H3/t21-/m0/s1. The molecule has 0 bridgehead atoms. The van der Waals surface area contributed by atoms with Crippen molar-refractivity contribution < 1.29 is 32.2 Å². The van der Waals surface area contributed by atoms with Crippen LogP contribution in [0.25, 0.3) is 0 Å². The number of amides is 1. The molecule has 0 aliphatic carbocycles. The monoisotopic (exact) mass is 550 g/mol. The number of ether oxygens (including phenoxy) is 2. The van der Waals surface area contributed by atoms with E-state index in [9.17, 15) is 22.8 Å². The smallest absolute Gasteiger partial charge is 0.417 e. The van der Waals surface area contributed by atoms with E-state index in [0.29, 0.717) is 36.3 Å². The second-order valence-electron chi connectivity index (χ2n) is 7.80. The van der Waals surface area contributed by atoms with Crippen LogP contribution in [0, 0.1) is 0 Å². The van der Waals surface area contributed by atoms with Crippen molar-refractivity contribution in [2.75, 3.05) is 39.6 Å². The van der Waals surface area contributed by atoms with Crippen molar-refractivity contribution in [3.63, 3.8) is 0 Å². The summed E-state index contributed by atoms with van der Waals surface area (Å²) in [5, 5.41) is 0.919. The first kappa shape index (κ1) is 27.6. The van der Waals surface area contributed by atoms with Gasteiger partial charge in [-0.15, -0.1) is 11.8 Å². The van der Waals surface area contributed by atoms with Crippen molar-refractivity contribution in [2.24, 2.45) is 0 Å². The molecule has 0 unspecified atom stereocenters. The predicted molar refractivity (Wildman–Crippen MR) is 128 cm³/mol. The summed E-state index contributed by atoms with van der Waals surface area (Å²) >= 11 is 12.8. The lowest BCUT2D eigenvalue weighted by Gasteiger charge is -2.37. The highest BCUT2D eigenvalue weighted by molar-refractivity contribution is 8.00. The maximum absolute atomic E-state index is 13.5. The van der Waals surface area contributed by atoms with Crippen LogP contribution < -0.4 is 0 Å². The van der Waals surface area contributed by atoms with Gasteiger partial charge in [0.15, 0.2) is 0 Å². The molecule has 3 rings (SSSR count). The molecule has 2 aromatic rings. The summed E-state index contributed by atoms with van der Waals surface area (Å²) in [5.41, 5.74) is -0.257. The Labute approximate surface area is 215 Å². The Morgan fingerprint density at radius 2 is 1.94 bits per heavy atom. The number of rotatable bonds is 7. The maximum atomic E-state index is 13.5. The Hall–Kier alpha value is -1.98. The molecule has 1 heterocycles. The molecular formula is C23H23Cl2F3N2O4S. The first-order chi connectivity index (χ1) is 16.5. The number of esters is 1. The zero-order valence-electron chi connectivity index (χ0n) is 18.9. The van der Waals surface area contributed by atoms with Crippen molar-refractivity contribution >= 4 is 46.8 Å². The highest BCUT2D eigenvalue weighted by atomic mass is 35.5. The molecule has 0 saturated carbocycles. The molecule has 0 radical (unpaired) electrons. The Balaban J connectivity index is 1.62. The van der Waals surface area contributed by atoms with Crippen molar-refractivity contribution in [3.05, 3.63) is 63.1 Å². The SMILES string of the molecule is COC(=O)c1ccc(SCC(=O)N(C)[C@@H]2CN(Cc3ccc(Cl)c(Cl)c3)CCO2)c(C(F)(F)F)c1. The maximum Gasteiger partial charge on any atom is 0.417 e. The number of nitrogens with zero attached hydrogens (tertiary/aromatic N) is 2. The number of carbonyl (C=O) groups is 2. The van der Waals surface area contributed by atoms with Crippen LogP contribution in [0.5, 0.6) is 0 Å². The summed E-state index contributed by atoms with van der Waals surface area (Å²) in [7, 11) is 2.65. The fraction of sp³-hybridized carbons (Fsp3) is 0.391. The molecule has 1 saturated heterocycles. The van der Waals surface area contributed by atoms with Crippen molar-refractivity contribution in [3.8, 4) is 0 Å². The third-order valence-corrected chi connectivity index (χ3v) is 7.20. The topological polar surface area (TPSA) is 59.1 Å². The lowest BCUT2D eigenvalue weighted by molar-refractivity contribution is -0.150. The average molecular weight is 551 g/mol. The fourth-order valence-corrected chi connectivity index (χ4v) is 4.78. The van der Waals surface area contributed by atoms with Gasteiger partial charge in [-0.3, -0.25) is 9.69 Å². The van der Waals surface area contributed by atoms with Crippen LogP contribution in [0.2, 0.25) is 10.0 Å². The number of alkyl halides is 3. The van der Waals surface area contributed by atoms with E-state index in [-0.39, 0.29) is 22.1 Å². The number of hydrogen-bond acceptors (Lipinski definition) is 6. The van der Waals surface area contributed by atoms with Gasteiger partial charge in [0.2, 0.25) is 5.91 Å². The zero-order valence-corrected chi connectivity index (χ0v) is 21.2. The van der Waals surface area contributed by atoms with Crippen molar-refractivity contribution in [1.82, 2.24) is 9.80 Å². The number of halogens is 5. The van der Waals surface area contributed by atoms with Crippen LogP contribution in [0.4, 0.5) is 13.2 Å². The number of hydrogen-bond donors (Lipinski definition) is 0. The lowest BCUT2D eigenvalue weighted by Crippen LogP contribution is -2.51. The normalized spacial score (nSPS) is 16.7. The third-order valence-electron chi connectivity index (χ3n) is 5.40. The Morgan fingerprint density at radius 1 is 1.20 bits per heavy atom. The Kier molecular flexibility index (Phi) is 9.34. The largest absolute Gasteiger partial charge is 0.465 e. The second-order valence-corrected chi connectivity index (χ2v) is 9.63. The van der Waals surface area contributed by atoms with Gasteiger partial charge in [0.05, 0.1) is 40.6 Å². The fourth-order valence-electron chi connectivity index (χ4n) is 3.48. The number of carbonyl (C=O) groups excluding carboxylic acids is 2. The van der Waals surface area contributed by atoms with Crippen LogP contribution in [0.1, 0.15) is 21.5 Å². The van der Waals surface area contributed by atoms with E-state index >= 15 is 0 Å². The molecule has 12 heteroatoms. The minimum Gasteiger partial charge on any atom is -0.465 e. The van der Waals surface area contributed by atoms with Gasteiger partial charge in [-0.05, 0) is 35.9 Å². The number of benzene rings is 2. The van der Waals surface area contributed by atoms with Crippen molar-refractivity contribution in [1.29, 1.82) is 0 Å². The van der Waals surface area contributed by atoms with Gasteiger partial charge < -0.3 is 14.4 Å². The van der Waals surface area contributed by atoms with Crippen molar-refractivity contribution in [2.45, 2.75) is 23.8 Å². The molecule has 0 spiro atoms. The summed E-state index contributed by atoms with van der Waals surface area (Å²) in [6.07, 6.45) is -5.25. The van der Waals surface area contributed by atoms with Gasteiger partial charge in [-0.25, -0.2) is 4.79 Å². The molecule has 6 nitrogen and oxygen atoms in total. The van der Waals surface area contributed by atoms with E-state index in [1.165, 1.54) is 17.0 Å². The van der Waals surface area contributed by atoms with Gasteiger partial charge in [-0.2, -0.15) is 13.2 Å². The van der Waals surface area contributed by atoms with Crippen LogP contribution in [0.15, 0.2) is 41.3 Å². The average Bonchev–Trinajstić information content (AvgIpc) is 2.83. The molecule has 190 valence electrons. The molecule has 2 aromatic carbocycles. The van der Waals surface area contributed by atoms with E-state index in [1.54, 1.807) is 19.2 Å². The van der Waals surface area contributed by atoms with E-state index in [1.807, 2.05) is 6.07 Å². The quantitative estimate of drug-likeness (QED) is 0.348. The second kappa shape index (κ2) is 11.8. The number of likely N-dealkylation sites (N-methyl/N-ethyl adjacent to an activating group) is 1. The van der Waals surface area contributed by atoms with Crippen LogP contribution in [0.3, 0.4) is 0 Å². The van der Waals surface area contributed by atoms with Crippen LogP contribution in [-0.4, -0.2) is 67.5 Å². The van der Waals surface area contributed by atoms with Crippen LogP contribution in [-0.2, 0) is 27.0 Å². The summed E-state index contributed by atoms with van der Waals surface area (Å²) in [5.74, 6) is -1.49. The molecule has 1 atom stereocenters. The molecule has 1 aliphatic heterocycles. The number of methoxy groups -OCH3 is 1. The molecule has 1 amide bonds. The minimum absolute atomic E-state index is 0.155. The number of thioether (sulfide) groups is 1. The number of morpholine rings is 1.